The summed E-state index contributed by atoms with van der Waals surface area (Å²) in [5, 5.41) is 0. The average Bonchev–Trinajstić information content (AvgIpc) is 3.80. The maximum Gasteiger partial charge on any atom is 0.0754 e. The average molecular weight is 843 g/mol. The fourth-order valence-corrected chi connectivity index (χ4v) is 11.8. The standard InChI is InChI=1S/C64H46N2/c1-63(2)54-26-12-9-24-50(54)53-42-48(38-40-55(53)63)65(47-36-33-44(34-37-47)43-19-5-3-6-20-43)60-30-16-11-23-49(60)45-35-39-57-52(41-45)51-25-10-13-27-56(51)64(57)58-28-14-17-31-61(58)66(46-21-7-4-8-22-46)62-32-18-15-29-59(62)64/h3-42H,1-2H3. The van der Waals surface area contributed by atoms with Gasteiger partial charge in [0.15, 0.2) is 0 Å². The van der Waals surface area contributed by atoms with Crippen LogP contribution in [-0.4, -0.2) is 0 Å². The summed E-state index contributed by atoms with van der Waals surface area (Å²) in [5.74, 6) is 0. The molecule has 0 radical (unpaired) electrons. The van der Waals surface area contributed by atoms with Crippen LogP contribution in [0.25, 0.3) is 44.5 Å². The van der Waals surface area contributed by atoms with Gasteiger partial charge in [0.1, 0.15) is 0 Å². The van der Waals surface area contributed by atoms with Gasteiger partial charge in [-0.15, -0.1) is 0 Å². The Morgan fingerprint density at radius 2 is 0.773 bits per heavy atom. The van der Waals surface area contributed by atoms with Gasteiger partial charge in [-0.2, -0.15) is 0 Å². The lowest BCUT2D eigenvalue weighted by molar-refractivity contribution is 0.660. The van der Waals surface area contributed by atoms with Crippen molar-refractivity contribution in [3.63, 3.8) is 0 Å². The summed E-state index contributed by atoms with van der Waals surface area (Å²) in [4.78, 5) is 4.91. The highest BCUT2D eigenvalue weighted by atomic mass is 15.2. The number of fused-ring (bicyclic) bond motifs is 12. The molecule has 10 aromatic carbocycles. The zero-order chi connectivity index (χ0) is 44.0. The zero-order valence-electron chi connectivity index (χ0n) is 37.0. The Labute approximate surface area is 387 Å². The Morgan fingerprint density at radius 3 is 1.47 bits per heavy atom. The van der Waals surface area contributed by atoms with Crippen LogP contribution in [0.4, 0.5) is 34.1 Å². The van der Waals surface area contributed by atoms with Gasteiger partial charge in [-0.1, -0.05) is 196 Å². The summed E-state index contributed by atoms with van der Waals surface area (Å²) in [5.41, 5.74) is 24.2. The minimum atomic E-state index is -0.510. The lowest BCUT2D eigenvalue weighted by Gasteiger charge is -2.45. The van der Waals surface area contributed by atoms with Crippen LogP contribution in [0.3, 0.4) is 0 Å². The van der Waals surface area contributed by atoms with E-state index in [4.69, 9.17) is 0 Å². The van der Waals surface area contributed by atoms with Crippen LogP contribution >= 0.6 is 0 Å². The molecule has 1 heterocycles. The van der Waals surface area contributed by atoms with Gasteiger partial charge in [0, 0.05) is 28.0 Å². The van der Waals surface area contributed by atoms with Crippen molar-refractivity contribution >= 4 is 34.1 Å². The Bertz CT molecular complexity index is 3460. The van der Waals surface area contributed by atoms with Crippen molar-refractivity contribution in [2.45, 2.75) is 24.7 Å². The number of hydrogen-bond acceptors (Lipinski definition) is 2. The largest absolute Gasteiger partial charge is 0.310 e. The lowest BCUT2D eigenvalue weighted by atomic mass is 9.64. The van der Waals surface area contributed by atoms with E-state index in [-0.39, 0.29) is 5.41 Å². The minimum Gasteiger partial charge on any atom is -0.310 e. The molecule has 0 bridgehead atoms. The zero-order valence-corrected chi connectivity index (χ0v) is 37.0. The second kappa shape index (κ2) is 14.7. The number of anilines is 6. The molecule has 0 aromatic heterocycles. The van der Waals surface area contributed by atoms with E-state index in [2.05, 4.69) is 266 Å². The van der Waals surface area contributed by atoms with Crippen LogP contribution in [0.5, 0.6) is 0 Å². The second-order valence-corrected chi connectivity index (χ2v) is 18.4. The molecular formula is C64H46N2. The van der Waals surface area contributed by atoms with Gasteiger partial charge >= 0.3 is 0 Å². The quantitative estimate of drug-likeness (QED) is 0.165. The van der Waals surface area contributed by atoms with Crippen LogP contribution < -0.4 is 9.80 Å². The maximum atomic E-state index is 2.47. The van der Waals surface area contributed by atoms with Crippen molar-refractivity contribution in [3.05, 3.63) is 276 Å². The second-order valence-electron chi connectivity index (χ2n) is 18.4. The van der Waals surface area contributed by atoms with Crippen LogP contribution in [0.2, 0.25) is 0 Å². The fourth-order valence-electron chi connectivity index (χ4n) is 11.8. The molecule has 66 heavy (non-hydrogen) atoms. The molecule has 0 amide bonds. The SMILES string of the molecule is CC1(C)c2ccccc2-c2cc(N(c3ccc(-c4ccccc4)cc3)c3ccccc3-c3ccc4c(c3)-c3ccccc3C43c4ccccc4N(c4ccccc4)c4ccccc43)ccc21. The Morgan fingerprint density at radius 1 is 0.318 bits per heavy atom. The Kier molecular flexibility index (Phi) is 8.51. The van der Waals surface area contributed by atoms with Gasteiger partial charge in [0.25, 0.3) is 0 Å². The topological polar surface area (TPSA) is 6.48 Å². The molecule has 0 atom stereocenters. The molecule has 0 fully saturated rings. The molecule has 0 saturated heterocycles. The number of rotatable bonds is 6. The normalized spacial score (nSPS) is 14.1. The third-order valence-corrected chi connectivity index (χ3v) is 14.7. The number of hydrogen-bond donors (Lipinski definition) is 0. The van der Waals surface area contributed by atoms with Crippen molar-refractivity contribution in [1.82, 2.24) is 0 Å². The van der Waals surface area contributed by atoms with E-state index >= 15 is 0 Å². The van der Waals surface area contributed by atoms with Crippen molar-refractivity contribution in [1.29, 1.82) is 0 Å². The molecule has 2 nitrogen and oxygen atoms in total. The van der Waals surface area contributed by atoms with E-state index in [1.807, 2.05) is 0 Å². The van der Waals surface area contributed by atoms with Gasteiger partial charge in [-0.25, -0.2) is 0 Å². The van der Waals surface area contributed by atoms with Crippen LogP contribution in [0, 0.1) is 0 Å². The molecular weight excluding hydrogens is 797 g/mol. The smallest absolute Gasteiger partial charge is 0.0754 e. The first-order valence-corrected chi connectivity index (χ1v) is 23.1. The van der Waals surface area contributed by atoms with Gasteiger partial charge in [-0.05, 0) is 133 Å². The molecule has 10 aromatic rings. The molecule has 13 rings (SSSR count). The molecule has 2 aliphatic carbocycles. The van der Waals surface area contributed by atoms with E-state index in [9.17, 15) is 0 Å². The molecule has 312 valence electrons. The fraction of sp³-hybridized carbons (Fsp3) is 0.0625. The maximum absolute atomic E-state index is 2.47. The Hall–Kier alpha value is -8.20. The summed E-state index contributed by atoms with van der Waals surface area (Å²) >= 11 is 0. The Balaban J connectivity index is 1.01. The van der Waals surface area contributed by atoms with Crippen molar-refractivity contribution < 1.29 is 0 Å². The van der Waals surface area contributed by atoms with Gasteiger partial charge in [-0.3, -0.25) is 0 Å². The van der Waals surface area contributed by atoms with Crippen LogP contribution in [0.1, 0.15) is 47.2 Å². The van der Waals surface area contributed by atoms with E-state index in [0.29, 0.717) is 0 Å². The van der Waals surface area contributed by atoms with E-state index in [1.165, 1.54) is 89.3 Å². The van der Waals surface area contributed by atoms with Gasteiger partial charge in [0.05, 0.1) is 22.5 Å². The van der Waals surface area contributed by atoms with E-state index < -0.39 is 5.41 Å². The molecule has 1 aliphatic heterocycles. The summed E-state index contributed by atoms with van der Waals surface area (Å²) in [6, 6.07) is 90.0. The monoisotopic (exact) mass is 842 g/mol. The first kappa shape index (κ1) is 38.3. The number of nitrogens with zero attached hydrogens (tertiary/aromatic N) is 2. The molecule has 0 unspecified atom stereocenters. The van der Waals surface area contributed by atoms with Crippen LogP contribution in [0.15, 0.2) is 243 Å². The van der Waals surface area contributed by atoms with Crippen LogP contribution in [-0.2, 0) is 10.8 Å². The molecule has 2 heteroatoms. The van der Waals surface area contributed by atoms with Gasteiger partial charge in [0.2, 0.25) is 0 Å². The summed E-state index contributed by atoms with van der Waals surface area (Å²) in [7, 11) is 0. The van der Waals surface area contributed by atoms with Gasteiger partial charge < -0.3 is 9.80 Å². The van der Waals surface area contributed by atoms with Crippen molar-refractivity contribution in [3.8, 4) is 44.5 Å². The number of para-hydroxylation sites is 4. The predicted octanol–water partition coefficient (Wildman–Crippen LogP) is 16.9. The summed E-state index contributed by atoms with van der Waals surface area (Å²) in [6.07, 6.45) is 0. The van der Waals surface area contributed by atoms with Crippen molar-refractivity contribution in [2.75, 3.05) is 9.80 Å². The first-order valence-electron chi connectivity index (χ1n) is 23.1. The molecule has 0 saturated carbocycles. The van der Waals surface area contributed by atoms with E-state index in [1.54, 1.807) is 0 Å². The van der Waals surface area contributed by atoms with E-state index in [0.717, 1.165) is 22.7 Å². The predicted molar refractivity (Wildman–Crippen MR) is 275 cm³/mol. The third kappa shape index (κ3) is 5.48. The van der Waals surface area contributed by atoms with Crippen molar-refractivity contribution in [2.24, 2.45) is 0 Å². The third-order valence-electron chi connectivity index (χ3n) is 14.7. The highest BCUT2D eigenvalue weighted by Crippen LogP contribution is 2.64. The molecule has 0 N–H and O–H groups in total. The molecule has 1 spiro atoms. The highest BCUT2D eigenvalue weighted by molar-refractivity contribution is 5.98. The summed E-state index contributed by atoms with van der Waals surface area (Å²) < 4.78 is 0. The first-order chi connectivity index (χ1) is 32.5. The molecule has 3 aliphatic rings. The number of benzene rings is 10. The summed E-state index contributed by atoms with van der Waals surface area (Å²) in [6.45, 7) is 4.71. The highest BCUT2D eigenvalue weighted by Gasteiger charge is 2.51. The minimum absolute atomic E-state index is 0.0816. The lowest BCUT2D eigenvalue weighted by Crippen LogP contribution is -2.36.